The third kappa shape index (κ3) is 1.37. The van der Waals surface area contributed by atoms with Crippen LogP contribution in [0.15, 0.2) is 24.3 Å². The summed E-state index contributed by atoms with van der Waals surface area (Å²) in [5, 5.41) is 5.01. The molecule has 0 fully saturated rings. The van der Waals surface area contributed by atoms with Crippen LogP contribution >= 0.6 is 0 Å². The summed E-state index contributed by atoms with van der Waals surface area (Å²) >= 11 is 0. The molecule has 1 aromatic heterocycles. The number of hydrogen-bond donors (Lipinski definition) is 2. The van der Waals surface area contributed by atoms with E-state index in [-0.39, 0.29) is 0 Å². The first-order chi connectivity index (χ1) is 7.77. The minimum atomic E-state index is 0.483. The standard InChI is InChI=1S/C14H18N2/c1-9(2)13-14-11(7-8-15-13)10-5-3-4-6-12(10)16-14/h3-6,9,13,15-16H,7-8H2,1-2H3/t13-/m1/s1. The highest BCUT2D eigenvalue weighted by molar-refractivity contribution is 5.85. The van der Waals surface area contributed by atoms with Gasteiger partial charge in [-0.3, -0.25) is 0 Å². The summed E-state index contributed by atoms with van der Waals surface area (Å²) in [5.41, 5.74) is 4.21. The zero-order valence-corrected chi connectivity index (χ0v) is 9.88. The first kappa shape index (κ1) is 9.91. The lowest BCUT2D eigenvalue weighted by Gasteiger charge is -2.27. The summed E-state index contributed by atoms with van der Waals surface area (Å²) in [6.45, 7) is 5.65. The van der Waals surface area contributed by atoms with Gasteiger partial charge in [-0.15, -0.1) is 0 Å². The number of H-pyrrole nitrogens is 1. The lowest BCUT2D eigenvalue weighted by atomic mass is 9.92. The van der Waals surface area contributed by atoms with Gasteiger partial charge in [-0.2, -0.15) is 0 Å². The van der Waals surface area contributed by atoms with Crippen LogP contribution in [-0.4, -0.2) is 11.5 Å². The van der Waals surface area contributed by atoms with Crippen LogP contribution in [0.3, 0.4) is 0 Å². The van der Waals surface area contributed by atoms with E-state index in [1.165, 1.54) is 22.2 Å². The van der Waals surface area contributed by atoms with Crippen molar-refractivity contribution in [2.24, 2.45) is 5.92 Å². The second-order valence-electron chi connectivity index (χ2n) is 4.99. The topological polar surface area (TPSA) is 27.8 Å². The second kappa shape index (κ2) is 3.63. The van der Waals surface area contributed by atoms with Crippen LogP contribution in [0, 0.1) is 5.92 Å². The molecule has 3 rings (SSSR count). The fourth-order valence-electron chi connectivity index (χ4n) is 2.78. The van der Waals surface area contributed by atoms with E-state index in [2.05, 4.69) is 48.4 Å². The molecule has 0 bridgehead atoms. The monoisotopic (exact) mass is 214 g/mol. The summed E-state index contributed by atoms with van der Waals surface area (Å²) in [6, 6.07) is 9.11. The Hall–Kier alpha value is -1.28. The second-order valence-corrected chi connectivity index (χ2v) is 4.99. The van der Waals surface area contributed by atoms with E-state index in [0.29, 0.717) is 12.0 Å². The Balaban J connectivity index is 2.21. The number of fused-ring (bicyclic) bond motifs is 3. The molecule has 1 aliphatic heterocycles. The molecule has 2 nitrogen and oxygen atoms in total. The number of aromatic nitrogens is 1. The Bertz CT molecular complexity index is 510. The maximum atomic E-state index is 3.60. The summed E-state index contributed by atoms with van der Waals surface area (Å²) < 4.78 is 0. The van der Waals surface area contributed by atoms with Crippen molar-refractivity contribution >= 4 is 10.9 Å². The molecule has 0 radical (unpaired) electrons. The van der Waals surface area contributed by atoms with Gasteiger partial charge in [-0.25, -0.2) is 0 Å². The van der Waals surface area contributed by atoms with Gasteiger partial charge in [0.1, 0.15) is 0 Å². The van der Waals surface area contributed by atoms with E-state index in [1.807, 2.05) is 0 Å². The van der Waals surface area contributed by atoms with Crippen molar-refractivity contribution in [1.82, 2.24) is 10.3 Å². The van der Waals surface area contributed by atoms with Crippen molar-refractivity contribution in [2.45, 2.75) is 26.3 Å². The van der Waals surface area contributed by atoms with Crippen LogP contribution in [0.2, 0.25) is 0 Å². The minimum absolute atomic E-state index is 0.483. The average molecular weight is 214 g/mol. The molecule has 1 aromatic carbocycles. The number of aromatic amines is 1. The molecular formula is C14H18N2. The van der Waals surface area contributed by atoms with Crippen molar-refractivity contribution < 1.29 is 0 Å². The number of rotatable bonds is 1. The van der Waals surface area contributed by atoms with Crippen LogP contribution in [0.1, 0.15) is 31.1 Å². The third-order valence-electron chi connectivity index (χ3n) is 3.56. The molecule has 1 aliphatic rings. The van der Waals surface area contributed by atoms with E-state index < -0.39 is 0 Å². The Kier molecular flexibility index (Phi) is 2.25. The van der Waals surface area contributed by atoms with E-state index in [9.17, 15) is 0 Å². The molecule has 0 saturated heterocycles. The van der Waals surface area contributed by atoms with Gasteiger partial charge in [-0.1, -0.05) is 32.0 Å². The predicted octanol–water partition coefficient (Wildman–Crippen LogP) is 3.01. The quantitative estimate of drug-likeness (QED) is 0.750. The summed E-state index contributed by atoms with van der Waals surface area (Å²) in [5.74, 6) is 0.632. The van der Waals surface area contributed by atoms with E-state index in [0.717, 1.165) is 13.0 Å². The number of nitrogens with one attached hydrogen (secondary N) is 2. The van der Waals surface area contributed by atoms with Gasteiger partial charge in [-0.05, 0) is 30.5 Å². The average Bonchev–Trinajstić information content (AvgIpc) is 2.67. The SMILES string of the molecule is CC(C)[C@H]1NCCc2c1[nH]c1ccccc21. The molecule has 84 valence electrons. The Morgan fingerprint density at radius 2 is 2.06 bits per heavy atom. The molecule has 1 atom stereocenters. The summed E-state index contributed by atoms with van der Waals surface area (Å²) in [6.07, 6.45) is 1.14. The van der Waals surface area contributed by atoms with Gasteiger partial charge in [0.05, 0.1) is 0 Å². The number of hydrogen-bond acceptors (Lipinski definition) is 1. The van der Waals surface area contributed by atoms with Crippen molar-refractivity contribution in [3.05, 3.63) is 35.5 Å². The maximum Gasteiger partial charge on any atom is 0.0499 e. The van der Waals surface area contributed by atoms with Crippen LogP contribution < -0.4 is 5.32 Å². The van der Waals surface area contributed by atoms with Gasteiger partial charge in [0.15, 0.2) is 0 Å². The van der Waals surface area contributed by atoms with Crippen molar-refractivity contribution in [2.75, 3.05) is 6.54 Å². The predicted molar refractivity (Wildman–Crippen MR) is 67.6 cm³/mol. The fourth-order valence-corrected chi connectivity index (χ4v) is 2.78. The highest BCUT2D eigenvalue weighted by Gasteiger charge is 2.25. The lowest BCUT2D eigenvalue weighted by Crippen LogP contribution is -2.32. The molecule has 0 unspecified atom stereocenters. The largest absolute Gasteiger partial charge is 0.357 e. The fraction of sp³-hybridized carbons (Fsp3) is 0.429. The molecule has 16 heavy (non-hydrogen) atoms. The van der Waals surface area contributed by atoms with Crippen LogP contribution in [-0.2, 0) is 6.42 Å². The molecule has 2 heteroatoms. The van der Waals surface area contributed by atoms with Gasteiger partial charge < -0.3 is 10.3 Å². The molecule has 2 heterocycles. The van der Waals surface area contributed by atoms with Gasteiger partial charge in [0.25, 0.3) is 0 Å². The maximum absolute atomic E-state index is 3.60. The molecule has 0 amide bonds. The first-order valence-electron chi connectivity index (χ1n) is 6.10. The van der Waals surface area contributed by atoms with Gasteiger partial charge in [0.2, 0.25) is 0 Å². The molecular weight excluding hydrogens is 196 g/mol. The Labute approximate surface area is 96.1 Å². The van der Waals surface area contributed by atoms with Crippen LogP contribution in [0.25, 0.3) is 10.9 Å². The van der Waals surface area contributed by atoms with E-state index in [4.69, 9.17) is 0 Å². The van der Waals surface area contributed by atoms with E-state index >= 15 is 0 Å². The first-order valence-corrected chi connectivity index (χ1v) is 6.10. The molecule has 0 spiro atoms. The zero-order valence-electron chi connectivity index (χ0n) is 9.88. The molecule has 0 aliphatic carbocycles. The Morgan fingerprint density at radius 3 is 2.88 bits per heavy atom. The zero-order chi connectivity index (χ0) is 11.1. The summed E-state index contributed by atoms with van der Waals surface area (Å²) in [7, 11) is 0. The van der Waals surface area contributed by atoms with Crippen molar-refractivity contribution in [3.8, 4) is 0 Å². The molecule has 2 N–H and O–H groups in total. The Morgan fingerprint density at radius 1 is 1.25 bits per heavy atom. The van der Waals surface area contributed by atoms with E-state index in [1.54, 1.807) is 0 Å². The number of para-hydroxylation sites is 1. The third-order valence-corrected chi connectivity index (χ3v) is 3.56. The summed E-state index contributed by atoms with van der Waals surface area (Å²) in [4.78, 5) is 3.58. The molecule has 2 aromatic rings. The van der Waals surface area contributed by atoms with Crippen LogP contribution in [0.4, 0.5) is 0 Å². The highest BCUT2D eigenvalue weighted by Crippen LogP contribution is 2.33. The van der Waals surface area contributed by atoms with Crippen molar-refractivity contribution in [1.29, 1.82) is 0 Å². The highest BCUT2D eigenvalue weighted by atomic mass is 15.0. The number of benzene rings is 1. The van der Waals surface area contributed by atoms with Gasteiger partial charge in [0, 0.05) is 22.6 Å². The normalized spacial score (nSPS) is 20.3. The van der Waals surface area contributed by atoms with Crippen LogP contribution in [0.5, 0.6) is 0 Å². The van der Waals surface area contributed by atoms with Gasteiger partial charge >= 0.3 is 0 Å². The minimum Gasteiger partial charge on any atom is -0.357 e. The molecule has 0 saturated carbocycles. The smallest absolute Gasteiger partial charge is 0.0499 e. The van der Waals surface area contributed by atoms with Crippen molar-refractivity contribution in [3.63, 3.8) is 0 Å². The lowest BCUT2D eigenvalue weighted by molar-refractivity contribution is 0.389.